The molecule has 4 aromatic rings. The quantitative estimate of drug-likeness (QED) is 0.194. The van der Waals surface area contributed by atoms with Crippen LogP contribution in [0.4, 0.5) is 5.82 Å². The van der Waals surface area contributed by atoms with Crippen molar-refractivity contribution >= 4 is 37.5 Å². The van der Waals surface area contributed by atoms with Gasteiger partial charge in [-0.25, -0.2) is 4.98 Å². The number of halogens is 1. The van der Waals surface area contributed by atoms with Gasteiger partial charge in [-0.1, -0.05) is 53.7 Å². The van der Waals surface area contributed by atoms with Crippen molar-refractivity contribution < 1.29 is 17.3 Å². The zero-order chi connectivity index (χ0) is 30.4. The van der Waals surface area contributed by atoms with E-state index in [9.17, 15) is 8.42 Å². The second-order valence-corrected chi connectivity index (χ2v) is 15.8. The third-order valence-corrected chi connectivity index (χ3v) is 8.37. The Morgan fingerprint density at radius 3 is 2.15 bits per heavy atom. The zero-order valence-corrected chi connectivity index (χ0v) is 27.7. The molecule has 9 heteroatoms. The van der Waals surface area contributed by atoms with E-state index in [1.807, 2.05) is 34.9 Å². The van der Waals surface area contributed by atoms with E-state index in [-0.39, 0.29) is 32.8 Å². The molecule has 0 fully saturated rings. The van der Waals surface area contributed by atoms with E-state index in [0.717, 1.165) is 39.2 Å². The van der Waals surface area contributed by atoms with Crippen LogP contribution in [0.2, 0.25) is 0 Å². The summed E-state index contributed by atoms with van der Waals surface area (Å²) in [6.45, 7) is 17.2. The number of benzene rings is 2. The zero-order valence-electron chi connectivity index (χ0n) is 25.3. The van der Waals surface area contributed by atoms with E-state index in [4.69, 9.17) is 13.9 Å². The lowest BCUT2D eigenvalue weighted by Crippen LogP contribution is -2.36. The normalized spacial score (nSPS) is 12.9. The number of pyridine rings is 1. The average Bonchev–Trinajstić information content (AvgIpc) is 3.18. The first kappa shape index (κ1) is 30.9. The summed E-state index contributed by atoms with van der Waals surface area (Å²) in [6, 6.07) is 15.8. The molecule has 1 N–H and O–H groups in total. The van der Waals surface area contributed by atoms with Crippen molar-refractivity contribution in [2.24, 2.45) is 5.41 Å². The Morgan fingerprint density at radius 1 is 0.902 bits per heavy atom. The van der Waals surface area contributed by atoms with Crippen LogP contribution in [0.5, 0.6) is 11.5 Å². The van der Waals surface area contributed by atoms with Crippen LogP contribution in [0.3, 0.4) is 0 Å². The lowest BCUT2D eigenvalue weighted by molar-refractivity contribution is 0.302. The maximum absolute atomic E-state index is 13.2. The molecule has 0 aliphatic heterocycles. The van der Waals surface area contributed by atoms with Crippen molar-refractivity contribution in [2.75, 3.05) is 12.4 Å². The van der Waals surface area contributed by atoms with Crippen molar-refractivity contribution in [3.05, 3.63) is 70.8 Å². The standard InChI is InChI=1S/C32H40BrN3O4S/c1-30(2,3)20-32(7,8)35-29-28(34-27-17-13-23(33)19-36(27)29)21-10-16-25(26(18-21)39-9)40-41(37,38)24-14-11-22(12-15-24)31(4,5)6/h10-19,35H,20H2,1-9H3. The molecule has 7 nitrogen and oxygen atoms in total. The van der Waals surface area contributed by atoms with Gasteiger partial charge >= 0.3 is 10.1 Å². The Labute approximate surface area is 252 Å². The molecule has 0 aliphatic carbocycles. The second kappa shape index (κ2) is 11.0. The molecule has 220 valence electrons. The molecule has 0 aliphatic rings. The van der Waals surface area contributed by atoms with Gasteiger partial charge in [0.15, 0.2) is 11.5 Å². The predicted octanol–water partition coefficient (Wildman–Crippen LogP) is 8.46. The van der Waals surface area contributed by atoms with Gasteiger partial charge in [-0.2, -0.15) is 8.42 Å². The van der Waals surface area contributed by atoms with E-state index in [1.54, 1.807) is 30.3 Å². The predicted molar refractivity (Wildman–Crippen MR) is 170 cm³/mol. The van der Waals surface area contributed by atoms with Gasteiger partial charge in [-0.3, -0.25) is 4.40 Å². The number of rotatable bonds is 8. The van der Waals surface area contributed by atoms with Gasteiger partial charge in [-0.05, 0) is 95.1 Å². The molecule has 2 aromatic carbocycles. The minimum Gasteiger partial charge on any atom is -0.493 e. The molecule has 0 unspecified atom stereocenters. The van der Waals surface area contributed by atoms with Crippen LogP contribution >= 0.6 is 15.9 Å². The van der Waals surface area contributed by atoms with Crippen molar-refractivity contribution in [2.45, 2.75) is 77.7 Å². The largest absolute Gasteiger partial charge is 0.493 e. The molecule has 0 spiro atoms. The van der Waals surface area contributed by atoms with Crippen LogP contribution in [0.25, 0.3) is 16.9 Å². The smallest absolute Gasteiger partial charge is 0.339 e. The molecule has 0 saturated heterocycles. The van der Waals surface area contributed by atoms with E-state index in [0.29, 0.717) is 0 Å². The summed E-state index contributed by atoms with van der Waals surface area (Å²) in [4.78, 5) is 5.00. The van der Waals surface area contributed by atoms with Gasteiger partial charge in [0.05, 0.1) is 7.11 Å². The molecule has 0 saturated carbocycles. The summed E-state index contributed by atoms with van der Waals surface area (Å²) in [5, 5.41) is 3.73. The minimum absolute atomic E-state index is 0.0788. The highest BCUT2D eigenvalue weighted by Gasteiger charge is 2.29. The third-order valence-electron chi connectivity index (χ3n) is 6.66. The van der Waals surface area contributed by atoms with Crippen molar-refractivity contribution in [1.82, 2.24) is 9.38 Å². The van der Waals surface area contributed by atoms with Crippen molar-refractivity contribution in [3.8, 4) is 22.8 Å². The number of aromatic nitrogens is 2. The maximum Gasteiger partial charge on any atom is 0.339 e. The molecule has 2 aromatic heterocycles. The molecule has 0 radical (unpaired) electrons. The van der Waals surface area contributed by atoms with Crippen LogP contribution in [0.1, 0.15) is 67.4 Å². The van der Waals surface area contributed by atoms with Crippen LogP contribution in [0.15, 0.2) is 70.2 Å². The molecular formula is C32H40BrN3O4S. The molecule has 0 atom stereocenters. The number of hydrogen-bond donors (Lipinski definition) is 1. The third kappa shape index (κ3) is 7.25. The van der Waals surface area contributed by atoms with Gasteiger partial charge in [0.25, 0.3) is 0 Å². The number of methoxy groups -OCH3 is 1. The summed E-state index contributed by atoms with van der Waals surface area (Å²) in [5.74, 6) is 1.22. The van der Waals surface area contributed by atoms with Crippen molar-refractivity contribution in [3.63, 3.8) is 0 Å². The van der Waals surface area contributed by atoms with Gasteiger partial charge in [0.2, 0.25) is 0 Å². The highest BCUT2D eigenvalue weighted by Crippen LogP contribution is 2.39. The van der Waals surface area contributed by atoms with E-state index < -0.39 is 10.1 Å². The summed E-state index contributed by atoms with van der Waals surface area (Å²) in [5.41, 5.74) is 3.07. The Morgan fingerprint density at radius 2 is 1.56 bits per heavy atom. The average molecular weight is 643 g/mol. The summed E-state index contributed by atoms with van der Waals surface area (Å²) >= 11 is 3.58. The number of nitrogens with zero attached hydrogens (tertiary/aromatic N) is 2. The molecule has 0 amide bonds. The second-order valence-electron chi connectivity index (χ2n) is 13.3. The number of imidazole rings is 1. The van der Waals surface area contributed by atoms with E-state index in [1.165, 1.54) is 7.11 Å². The Balaban J connectivity index is 1.73. The maximum atomic E-state index is 13.2. The summed E-state index contributed by atoms with van der Waals surface area (Å²) < 4.78 is 40.4. The van der Waals surface area contributed by atoms with Gasteiger partial charge < -0.3 is 14.2 Å². The Hall–Kier alpha value is -3.04. The van der Waals surface area contributed by atoms with Gasteiger partial charge in [0.1, 0.15) is 22.1 Å². The lowest BCUT2D eigenvalue weighted by atomic mass is 9.82. The fourth-order valence-electron chi connectivity index (χ4n) is 5.20. The van der Waals surface area contributed by atoms with Gasteiger partial charge in [-0.15, -0.1) is 0 Å². The topological polar surface area (TPSA) is 81.9 Å². The van der Waals surface area contributed by atoms with Crippen LogP contribution in [0, 0.1) is 5.41 Å². The molecule has 4 rings (SSSR count). The highest BCUT2D eigenvalue weighted by molar-refractivity contribution is 9.10. The first-order valence-corrected chi connectivity index (χ1v) is 15.8. The van der Waals surface area contributed by atoms with Crippen LogP contribution < -0.4 is 14.2 Å². The molecule has 2 heterocycles. The van der Waals surface area contributed by atoms with Crippen molar-refractivity contribution in [1.29, 1.82) is 0 Å². The Kier molecular flexibility index (Phi) is 8.28. The number of nitrogens with one attached hydrogen (secondary N) is 1. The van der Waals surface area contributed by atoms with Crippen LogP contribution in [-0.2, 0) is 15.5 Å². The number of anilines is 1. The first-order chi connectivity index (χ1) is 18.9. The fourth-order valence-corrected chi connectivity index (χ4v) is 6.48. The Bertz CT molecular complexity index is 1660. The number of fused-ring (bicyclic) bond motifs is 1. The molecular weight excluding hydrogens is 602 g/mol. The lowest BCUT2D eigenvalue weighted by Gasteiger charge is -2.34. The number of hydrogen-bond acceptors (Lipinski definition) is 6. The number of ether oxygens (including phenoxy) is 1. The van der Waals surface area contributed by atoms with Crippen LogP contribution in [-0.4, -0.2) is 30.5 Å². The molecule has 0 bridgehead atoms. The fraction of sp³-hybridized carbons (Fsp3) is 0.406. The monoisotopic (exact) mass is 641 g/mol. The van der Waals surface area contributed by atoms with Gasteiger partial charge in [0, 0.05) is 21.8 Å². The first-order valence-electron chi connectivity index (χ1n) is 13.6. The minimum atomic E-state index is -4.08. The summed E-state index contributed by atoms with van der Waals surface area (Å²) in [7, 11) is -2.59. The molecule has 41 heavy (non-hydrogen) atoms. The van der Waals surface area contributed by atoms with E-state index in [2.05, 4.69) is 76.6 Å². The van der Waals surface area contributed by atoms with E-state index >= 15 is 0 Å². The SMILES string of the molecule is COc1cc(-c2nc3ccc(Br)cn3c2NC(C)(C)CC(C)(C)C)ccc1OS(=O)(=O)c1ccc(C(C)(C)C)cc1. The highest BCUT2D eigenvalue weighted by atomic mass is 79.9. The summed E-state index contributed by atoms with van der Waals surface area (Å²) in [6.07, 6.45) is 2.90.